The average molecular weight is 523 g/mol. The number of aromatic nitrogens is 2. The fourth-order valence-corrected chi connectivity index (χ4v) is 4.39. The van der Waals surface area contributed by atoms with Gasteiger partial charge in [-0.05, 0) is 31.2 Å². The summed E-state index contributed by atoms with van der Waals surface area (Å²) in [7, 11) is 3.06. The molecular weight excluding hydrogens is 496 g/mol. The van der Waals surface area contributed by atoms with Crippen molar-refractivity contribution in [3.8, 4) is 11.4 Å². The van der Waals surface area contributed by atoms with Crippen molar-refractivity contribution in [2.24, 2.45) is 12.0 Å². The van der Waals surface area contributed by atoms with E-state index in [4.69, 9.17) is 4.74 Å². The summed E-state index contributed by atoms with van der Waals surface area (Å²) < 4.78 is 13.5. The fraction of sp³-hybridized carbons (Fsp3) is 0.133. The van der Waals surface area contributed by atoms with Gasteiger partial charge in [-0.1, -0.05) is 66.7 Å². The van der Waals surface area contributed by atoms with E-state index in [-0.39, 0.29) is 23.6 Å². The number of esters is 1. The number of benzene rings is 3. The molecule has 0 fully saturated rings. The Labute approximate surface area is 224 Å². The lowest BCUT2D eigenvalue weighted by Crippen LogP contribution is -2.36. The van der Waals surface area contributed by atoms with E-state index in [1.165, 1.54) is 16.7 Å². The molecule has 39 heavy (non-hydrogen) atoms. The van der Waals surface area contributed by atoms with Gasteiger partial charge >= 0.3 is 5.97 Å². The lowest BCUT2D eigenvalue weighted by atomic mass is 10.1. The number of carbonyl (C=O) groups excluding carboxylic acids is 2. The third kappa shape index (κ3) is 4.77. The van der Waals surface area contributed by atoms with Crippen molar-refractivity contribution in [3.63, 3.8) is 0 Å². The molecule has 0 radical (unpaired) electrons. The molecule has 1 aromatic heterocycles. The highest BCUT2D eigenvalue weighted by Gasteiger charge is 2.37. The predicted molar refractivity (Wildman–Crippen MR) is 148 cm³/mol. The number of anilines is 1. The van der Waals surface area contributed by atoms with E-state index in [0.29, 0.717) is 34.1 Å². The minimum absolute atomic E-state index is 0.122. The molecule has 4 aromatic rings. The summed E-state index contributed by atoms with van der Waals surface area (Å²) >= 11 is 0. The zero-order valence-corrected chi connectivity index (χ0v) is 21.7. The Morgan fingerprint density at radius 3 is 2.26 bits per heavy atom. The molecule has 0 N–H and O–H groups in total. The van der Waals surface area contributed by atoms with Crippen LogP contribution in [0, 0.1) is 6.92 Å². The van der Waals surface area contributed by atoms with Crippen LogP contribution in [0.15, 0.2) is 100 Å². The molecule has 0 unspecified atom stereocenters. The van der Waals surface area contributed by atoms with Crippen LogP contribution in [0.5, 0.6) is 5.75 Å². The summed E-state index contributed by atoms with van der Waals surface area (Å²) in [5, 5.41) is 0. The first-order valence-corrected chi connectivity index (χ1v) is 12.2. The number of rotatable bonds is 7. The van der Waals surface area contributed by atoms with Crippen LogP contribution in [0.2, 0.25) is 0 Å². The monoisotopic (exact) mass is 522 g/mol. The van der Waals surface area contributed by atoms with Crippen LogP contribution in [0.4, 0.5) is 5.69 Å². The van der Waals surface area contributed by atoms with E-state index in [2.05, 4.69) is 9.73 Å². The van der Waals surface area contributed by atoms with Gasteiger partial charge in [0.1, 0.15) is 23.0 Å². The van der Waals surface area contributed by atoms with Crippen LogP contribution in [0.3, 0.4) is 0 Å². The molecule has 0 saturated carbocycles. The van der Waals surface area contributed by atoms with Crippen molar-refractivity contribution in [1.29, 1.82) is 0 Å². The highest BCUT2D eigenvalue weighted by molar-refractivity contribution is 6.33. The number of hydrogen-bond donors (Lipinski definition) is 0. The van der Waals surface area contributed by atoms with Gasteiger partial charge in [0.05, 0.1) is 18.5 Å². The number of para-hydroxylation sites is 2. The molecule has 0 bridgehead atoms. The van der Waals surface area contributed by atoms with Crippen molar-refractivity contribution >= 4 is 29.5 Å². The van der Waals surface area contributed by atoms with Crippen LogP contribution in [0.1, 0.15) is 16.8 Å². The maximum atomic E-state index is 13.9. The number of methoxy groups -OCH3 is 1. The Kier molecular flexibility index (Phi) is 6.96. The largest absolute Gasteiger partial charge is 0.481 e. The number of hydrogen-bond acceptors (Lipinski definition) is 6. The van der Waals surface area contributed by atoms with Gasteiger partial charge in [-0.15, -0.1) is 0 Å². The Morgan fingerprint density at radius 1 is 0.923 bits per heavy atom. The average Bonchev–Trinajstić information content (AvgIpc) is 3.39. The number of ether oxygens (including phenoxy) is 2. The number of nitrogens with zero attached hydrogens (tertiary/aromatic N) is 4. The van der Waals surface area contributed by atoms with Gasteiger partial charge in [0, 0.05) is 18.2 Å². The molecule has 2 heterocycles. The van der Waals surface area contributed by atoms with Crippen LogP contribution < -0.4 is 15.2 Å². The minimum Gasteiger partial charge on any atom is -0.481 e. The number of aliphatic imine (C=N–C) groups is 1. The lowest BCUT2D eigenvalue weighted by Gasteiger charge is -2.17. The molecule has 0 spiro atoms. The SMILES string of the molecule is COC(=O)COc1ccccc1/C=C1/N=C(c2ccccc2)N(c2c(C)n(C)n(-c3ccccc3)c2=O)C1=O. The first kappa shape index (κ1) is 25.5. The summed E-state index contributed by atoms with van der Waals surface area (Å²) in [6.07, 6.45) is 1.59. The quantitative estimate of drug-likeness (QED) is 0.271. The number of amides is 1. The van der Waals surface area contributed by atoms with E-state index < -0.39 is 11.9 Å². The van der Waals surface area contributed by atoms with Gasteiger partial charge in [0.25, 0.3) is 11.5 Å². The molecule has 0 saturated heterocycles. The predicted octanol–water partition coefficient (Wildman–Crippen LogP) is 3.87. The summed E-state index contributed by atoms with van der Waals surface area (Å²) in [6, 6.07) is 25.5. The summed E-state index contributed by atoms with van der Waals surface area (Å²) in [5.41, 5.74) is 2.50. The molecule has 9 nitrogen and oxygen atoms in total. The standard InChI is InChI=1S/C30H26N4O5/c1-20-27(30(37)34(32(20)2)23-15-8-5-9-16-23)33-28(21-12-6-4-7-13-21)31-24(29(33)36)18-22-14-10-11-17-25(22)39-19-26(35)38-3/h4-18H,19H2,1-3H3/b24-18+. The van der Waals surface area contributed by atoms with Crippen LogP contribution >= 0.6 is 0 Å². The normalized spacial score (nSPS) is 14.0. The molecule has 0 aliphatic carbocycles. The molecule has 1 aliphatic rings. The third-order valence-corrected chi connectivity index (χ3v) is 6.42. The second-order valence-corrected chi connectivity index (χ2v) is 8.78. The van der Waals surface area contributed by atoms with Gasteiger partial charge in [0.2, 0.25) is 0 Å². The van der Waals surface area contributed by atoms with Gasteiger partial charge in [-0.2, -0.15) is 0 Å². The van der Waals surface area contributed by atoms with E-state index in [0.717, 1.165) is 0 Å². The fourth-order valence-electron chi connectivity index (χ4n) is 4.39. The van der Waals surface area contributed by atoms with Crippen molar-refractivity contribution in [2.75, 3.05) is 18.6 Å². The molecule has 0 atom stereocenters. The first-order valence-electron chi connectivity index (χ1n) is 12.2. The molecule has 5 rings (SSSR count). The number of amidine groups is 1. The minimum atomic E-state index is -0.529. The van der Waals surface area contributed by atoms with Gasteiger partial charge in [-0.3, -0.25) is 19.2 Å². The van der Waals surface area contributed by atoms with E-state index >= 15 is 0 Å². The van der Waals surface area contributed by atoms with Crippen molar-refractivity contribution in [1.82, 2.24) is 9.36 Å². The number of carbonyl (C=O) groups is 2. The van der Waals surface area contributed by atoms with Gasteiger partial charge < -0.3 is 9.47 Å². The second-order valence-electron chi connectivity index (χ2n) is 8.78. The van der Waals surface area contributed by atoms with Crippen molar-refractivity contribution in [2.45, 2.75) is 6.92 Å². The first-order chi connectivity index (χ1) is 18.9. The highest BCUT2D eigenvalue weighted by Crippen LogP contribution is 2.30. The van der Waals surface area contributed by atoms with E-state index in [1.54, 1.807) is 49.0 Å². The van der Waals surface area contributed by atoms with E-state index in [1.807, 2.05) is 60.7 Å². The lowest BCUT2D eigenvalue weighted by molar-refractivity contribution is -0.142. The highest BCUT2D eigenvalue weighted by atomic mass is 16.6. The van der Waals surface area contributed by atoms with Gasteiger partial charge in [0.15, 0.2) is 6.61 Å². The second kappa shape index (κ2) is 10.7. The maximum absolute atomic E-state index is 13.9. The molecular formula is C30H26N4O5. The maximum Gasteiger partial charge on any atom is 0.343 e. The third-order valence-electron chi connectivity index (χ3n) is 6.42. The van der Waals surface area contributed by atoms with Gasteiger partial charge in [-0.25, -0.2) is 14.5 Å². The molecule has 1 aliphatic heterocycles. The van der Waals surface area contributed by atoms with Crippen LogP contribution in [-0.2, 0) is 21.4 Å². The smallest absolute Gasteiger partial charge is 0.343 e. The Hall–Kier alpha value is -5.18. The van der Waals surface area contributed by atoms with Crippen LogP contribution in [0.25, 0.3) is 11.8 Å². The summed E-state index contributed by atoms with van der Waals surface area (Å²) in [5.74, 6) is -0.256. The van der Waals surface area contributed by atoms with Crippen molar-refractivity contribution in [3.05, 3.63) is 118 Å². The molecule has 1 amide bonds. The molecule has 3 aromatic carbocycles. The van der Waals surface area contributed by atoms with Crippen LogP contribution in [-0.4, -0.2) is 40.8 Å². The zero-order valence-electron chi connectivity index (χ0n) is 21.7. The Morgan fingerprint density at radius 2 is 1.56 bits per heavy atom. The van der Waals surface area contributed by atoms with E-state index in [9.17, 15) is 14.4 Å². The Bertz CT molecular complexity index is 1670. The van der Waals surface area contributed by atoms with Crippen molar-refractivity contribution < 1.29 is 19.1 Å². The topological polar surface area (TPSA) is 95.1 Å². The summed E-state index contributed by atoms with van der Waals surface area (Å²) in [4.78, 5) is 45.4. The zero-order chi connectivity index (χ0) is 27.5. The summed E-state index contributed by atoms with van der Waals surface area (Å²) in [6.45, 7) is 1.52. The Balaban J connectivity index is 1.63. The molecule has 9 heteroatoms. The molecule has 196 valence electrons.